The van der Waals surface area contributed by atoms with E-state index in [-0.39, 0.29) is 41.9 Å². The molecule has 1 amide bonds. The summed E-state index contributed by atoms with van der Waals surface area (Å²) in [6.07, 6.45) is 1.37. The number of hydrogen-bond donors (Lipinski definition) is 1. The molecule has 2 fully saturated rings. The van der Waals surface area contributed by atoms with Crippen molar-refractivity contribution in [3.63, 3.8) is 0 Å². The Balaban J connectivity index is 1.27. The summed E-state index contributed by atoms with van der Waals surface area (Å²) in [7, 11) is -3.34. The molecule has 0 bridgehead atoms. The van der Waals surface area contributed by atoms with Gasteiger partial charge in [0.05, 0.1) is 39.8 Å². The number of amides is 1. The van der Waals surface area contributed by atoms with Crippen molar-refractivity contribution >= 4 is 26.8 Å². The van der Waals surface area contributed by atoms with Crippen molar-refractivity contribution in [1.29, 1.82) is 0 Å². The fraction of sp³-hybridized carbons (Fsp3) is 0.519. The summed E-state index contributed by atoms with van der Waals surface area (Å²) in [5.41, 5.74) is 2.63. The largest absolute Gasteiger partial charge is 0.391 e. The molecule has 204 valence electrons. The van der Waals surface area contributed by atoms with Crippen LogP contribution in [0, 0.1) is 11.8 Å². The Labute approximate surface area is 219 Å². The van der Waals surface area contributed by atoms with Gasteiger partial charge in [0.25, 0.3) is 5.91 Å². The highest BCUT2D eigenvalue weighted by atomic mass is 32.2. The van der Waals surface area contributed by atoms with Gasteiger partial charge in [-0.15, -0.1) is 0 Å². The molecule has 2 aromatic heterocycles. The third-order valence-corrected chi connectivity index (χ3v) is 9.40. The van der Waals surface area contributed by atoms with Crippen molar-refractivity contribution in [3.8, 4) is 0 Å². The third-order valence-electron chi connectivity index (χ3n) is 7.68. The lowest BCUT2D eigenvalue weighted by atomic mass is 9.80. The molecule has 7 nitrogen and oxygen atoms in total. The molecule has 2 saturated carbocycles. The molecule has 11 heteroatoms. The highest BCUT2D eigenvalue weighted by Gasteiger charge is 2.41. The van der Waals surface area contributed by atoms with Crippen LogP contribution in [0.25, 0.3) is 11.0 Å². The number of sulfone groups is 1. The molecule has 1 aromatic carbocycles. The number of carbonyl (C=O) groups excluding carboxylic acids is 1. The fourth-order valence-electron chi connectivity index (χ4n) is 5.27. The lowest BCUT2D eigenvalue weighted by Crippen LogP contribution is -2.28. The molecule has 0 aliphatic heterocycles. The van der Waals surface area contributed by atoms with Crippen LogP contribution in [0.3, 0.4) is 0 Å². The zero-order valence-corrected chi connectivity index (χ0v) is 22.0. The third kappa shape index (κ3) is 5.72. The van der Waals surface area contributed by atoms with Gasteiger partial charge in [0.15, 0.2) is 9.84 Å². The summed E-state index contributed by atoms with van der Waals surface area (Å²) in [6, 6.07) is 8.81. The van der Waals surface area contributed by atoms with Crippen molar-refractivity contribution in [2.75, 3.05) is 5.75 Å². The highest BCUT2D eigenvalue weighted by molar-refractivity contribution is 7.91. The highest BCUT2D eigenvalue weighted by Crippen LogP contribution is 2.42. The summed E-state index contributed by atoms with van der Waals surface area (Å²) >= 11 is 0. The topological polar surface area (TPSA) is 94.0 Å². The van der Waals surface area contributed by atoms with E-state index in [1.54, 1.807) is 25.1 Å². The Morgan fingerprint density at radius 3 is 2.42 bits per heavy atom. The van der Waals surface area contributed by atoms with Crippen molar-refractivity contribution in [1.82, 2.24) is 19.9 Å². The maximum Gasteiger partial charge on any atom is 0.391 e. The van der Waals surface area contributed by atoms with Gasteiger partial charge in [0.1, 0.15) is 5.82 Å². The Morgan fingerprint density at radius 1 is 1.08 bits per heavy atom. The Morgan fingerprint density at radius 2 is 1.82 bits per heavy atom. The van der Waals surface area contributed by atoms with Crippen LogP contribution in [0.4, 0.5) is 13.2 Å². The first-order valence-corrected chi connectivity index (χ1v) is 14.7. The average molecular weight is 549 g/mol. The number of rotatable bonds is 8. The minimum Gasteiger partial charge on any atom is -0.346 e. The molecule has 5 rings (SSSR count). The van der Waals surface area contributed by atoms with Crippen molar-refractivity contribution < 1.29 is 26.4 Å². The predicted molar refractivity (Wildman–Crippen MR) is 136 cm³/mol. The van der Waals surface area contributed by atoms with Gasteiger partial charge in [-0.25, -0.2) is 13.4 Å². The number of nitrogens with zero attached hydrogens (tertiary/aromatic N) is 3. The lowest BCUT2D eigenvalue weighted by molar-refractivity contribution is -0.183. The number of imidazole rings is 1. The molecule has 38 heavy (non-hydrogen) atoms. The minimum absolute atomic E-state index is 0.00928. The van der Waals surface area contributed by atoms with E-state index in [0.29, 0.717) is 42.1 Å². The predicted octanol–water partition coefficient (Wildman–Crippen LogP) is 5.40. The van der Waals surface area contributed by atoms with Crippen molar-refractivity contribution in [2.45, 2.75) is 75.5 Å². The second kappa shape index (κ2) is 10.3. The number of hydrogen-bond acceptors (Lipinski definition) is 5. The van der Waals surface area contributed by atoms with Gasteiger partial charge < -0.3 is 9.88 Å². The first-order chi connectivity index (χ1) is 18.0. The maximum absolute atomic E-state index is 13.1. The van der Waals surface area contributed by atoms with Gasteiger partial charge in [-0.2, -0.15) is 13.2 Å². The first-order valence-electron chi connectivity index (χ1n) is 13.1. The smallest absolute Gasteiger partial charge is 0.346 e. The molecule has 1 N–H and O–H groups in total. The molecule has 3 aromatic rings. The maximum atomic E-state index is 13.1. The second-order valence-electron chi connectivity index (χ2n) is 10.4. The van der Waals surface area contributed by atoms with E-state index in [9.17, 15) is 26.4 Å². The molecule has 0 unspecified atom stereocenters. The molecule has 0 spiro atoms. The molecule has 0 radical (unpaired) electrons. The fourth-order valence-corrected chi connectivity index (χ4v) is 6.09. The van der Waals surface area contributed by atoms with Crippen LogP contribution < -0.4 is 5.32 Å². The van der Waals surface area contributed by atoms with Crippen LogP contribution >= 0.6 is 0 Å². The van der Waals surface area contributed by atoms with Crippen molar-refractivity contribution in [2.24, 2.45) is 11.8 Å². The molecule has 0 atom stereocenters. The van der Waals surface area contributed by atoms with Crippen LogP contribution in [0.5, 0.6) is 0 Å². The quantitative estimate of drug-likeness (QED) is 0.407. The number of alkyl halides is 3. The minimum atomic E-state index is -4.11. The van der Waals surface area contributed by atoms with Crippen molar-refractivity contribution in [3.05, 3.63) is 53.6 Å². The zero-order chi connectivity index (χ0) is 27.1. The Kier molecular flexibility index (Phi) is 7.23. The first kappa shape index (κ1) is 26.6. The zero-order valence-electron chi connectivity index (χ0n) is 21.2. The summed E-state index contributed by atoms with van der Waals surface area (Å²) in [6.45, 7) is 1.71. The number of fused-ring (bicyclic) bond motifs is 1. The van der Waals surface area contributed by atoms with E-state index in [1.807, 2.05) is 6.07 Å². The van der Waals surface area contributed by atoms with Crippen LogP contribution in [0.15, 0.2) is 41.4 Å². The number of halogens is 3. The number of pyridine rings is 1. The second-order valence-corrected chi connectivity index (χ2v) is 12.6. The van der Waals surface area contributed by atoms with Gasteiger partial charge in [-0.1, -0.05) is 6.92 Å². The number of benzene rings is 1. The van der Waals surface area contributed by atoms with E-state index in [0.717, 1.165) is 24.2 Å². The molecule has 2 aliphatic carbocycles. The number of aromatic nitrogens is 3. The Bertz CT molecular complexity index is 1420. The van der Waals surface area contributed by atoms with Gasteiger partial charge in [-0.05, 0) is 74.8 Å². The summed E-state index contributed by atoms with van der Waals surface area (Å²) in [5, 5.41) is 2.81. The van der Waals surface area contributed by atoms with E-state index >= 15 is 0 Å². The molecule has 2 aliphatic rings. The standard InChI is InChI=1S/C27H31F3N4O3S/c1-2-38(36,37)22-11-8-20(31-16-22)15-32-26(35)18-5-12-24-23(14-18)33-25(34(24)21-9-10-21)13-17-3-6-19(7-4-17)27(28,29)30/h5,8,11-12,14,16-17,19,21H,2-4,6-7,9-10,13,15H2,1H3,(H,32,35). The van der Waals surface area contributed by atoms with E-state index < -0.39 is 21.9 Å². The SMILES string of the molecule is CCS(=O)(=O)c1ccc(CNC(=O)c2ccc3c(c2)nc(CC2CCC(C(F)(F)F)CC2)n3C2CC2)nc1. The normalized spacial score (nSPS) is 20.5. The van der Waals surface area contributed by atoms with E-state index in [4.69, 9.17) is 4.98 Å². The van der Waals surface area contributed by atoms with E-state index in [1.165, 1.54) is 12.3 Å². The molecule has 2 heterocycles. The summed E-state index contributed by atoms with van der Waals surface area (Å²) in [4.78, 5) is 22.0. The van der Waals surface area contributed by atoms with E-state index in [2.05, 4.69) is 14.9 Å². The van der Waals surface area contributed by atoms with Crippen LogP contribution in [0.1, 0.15) is 73.4 Å². The average Bonchev–Trinajstić information content (AvgIpc) is 3.67. The van der Waals surface area contributed by atoms with Gasteiger partial charge in [0, 0.05) is 24.2 Å². The van der Waals surface area contributed by atoms with Crippen LogP contribution in [-0.2, 0) is 22.8 Å². The van der Waals surface area contributed by atoms with Crippen LogP contribution in [-0.4, -0.2) is 40.8 Å². The van der Waals surface area contributed by atoms with Gasteiger partial charge >= 0.3 is 6.18 Å². The monoisotopic (exact) mass is 548 g/mol. The van der Waals surface area contributed by atoms with Gasteiger partial charge in [0.2, 0.25) is 0 Å². The molecular formula is C27H31F3N4O3S. The van der Waals surface area contributed by atoms with Crippen LogP contribution in [0.2, 0.25) is 0 Å². The summed E-state index contributed by atoms with van der Waals surface area (Å²) in [5.74, 6) is -0.435. The molecular weight excluding hydrogens is 517 g/mol. The number of nitrogens with one attached hydrogen (secondary N) is 1. The Hall–Kier alpha value is -2.95. The summed E-state index contributed by atoms with van der Waals surface area (Å²) < 4.78 is 65.3. The number of carbonyl (C=O) groups is 1. The lowest BCUT2D eigenvalue weighted by Gasteiger charge is -2.29. The molecule has 0 saturated heterocycles. The van der Waals surface area contributed by atoms with Gasteiger partial charge in [-0.3, -0.25) is 9.78 Å².